The van der Waals surface area contributed by atoms with E-state index in [4.69, 9.17) is 10.8 Å². The number of nitrogens with two attached hydrogens (primary N) is 1. The summed E-state index contributed by atoms with van der Waals surface area (Å²) in [5.41, 5.74) is 7.29. The number of anilines is 1. The number of carboxylic acid groups (broad SMARTS) is 1. The first kappa shape index (κ1) is 14.6. The summed E-state index contributed by atoms with van der Waals surface area (Å²) in [6.07, 6.45) is 7.01. The van der Waals surface area contributed by atoms with Crippen LogP contribution in [0.3, 0.4) is 0 Å². The monoisotopic (exact) mass is 278 g/mol. The molecule has 0 amide bonds. The van der Waals surface area contributed by atoms with Crippen molar-refractivity contribution < 1.29 is 9.90 Å². The van der Waals surface area contributed by atoms with Gasteiger partial charge in [0.2, 0.25) is 0 Å². The molecule has 5 nitrogen and oxygen atoms in total. The first-order valence-corrected chi connectivity index (χ1v) is 7.19. The van der Waals surface area contributed by atoms with Gasteiger partial charge in [0.25, 0.3) is 5.56 Å². The van der Waals surface area contributed by atoms with Crippen LogP contribution in [0.4, 0.5) is 5.69 Å². The molecule has 0 unspecified atom stereocenters. The number of hydrogen-bond donors (Lipinski definition) is 2. The highest BCUT2D eigenvalue weighted by molar-refractivity contribution is 5.67. The number of carbonyl (C=O) groups is 1. The van der Waals surface area contributed by atoms with Crippen LogP contribution in [0.5, 0.6) is 0 Å². The van der Waals surface area contributed by atoms with Gasteiger partial charge in [-0.15, -0.1) is 0 Å². The van der Waals surface area contributed by atoms with Gasteiger partial charge in [-0.3, -0.25) is 14.2 Å². The molecule has 5 heteroatoms. The van der Waals surface area contributed by atoms with Crippen LogP contribution in [0.1, 0.15) is 43.4 Å². The largest absolute Gasteiger partial charge is 0.480 e. The van der Waals surface area contributed by atoms with Crippen molar-refractivity contribution >= 4 is 11.7 Å². The quantitative estimate of drug-likeness (QED) is 0.881. The molecule has 1 aromatic rings. The Morgan fingerprint density at radius 1 is 1.40 bits per heavy atom. The van der Waals surface area contributed by atoms with Crippen LogP contribution in [-0.4, -0.2) is 15.6 Å². The molecule has 0 atom stereocenters. The highest BCUT2D eigenvalue weighted by Gasteiger charge is 2.18. The third kappa shape index (κ3) is 3.21. The molecular formula is C15H22N2O3. The predicted molar refractivity (Wildman–Crippen MR) is 77.8 cm³/mol. The molecule has 1 aromatic heterocycles. The third-order valence-electron chi connectivity index (χ3n) is 4.16. The van der Waals surface area contributed by atoms with Crippen LogP contribution in [0.15, 0.2) is 10.9 Å². The second kappa shape index (κ2) is 6.11. The van der Waals surface area contributed by atoms with E-state index in [0.717, 1.165) is 12.0 Å². The van der Waals surface area contributed by atoms with E-state index < -0.39 is 5.97 Å². The van der Waals surface area contributed by atoms with E-state index >= 15 is 0 Å². The van der Waals surface area contributed by atoms with Crippen molar-refractivity contribution in [2.24, 2.45) is 5.92 Å². The second-order valence-electron chi connectivity index (χ2n) is 5.72. The van der Waals surface area contributed by atoms with E-state index in [1.807, 2.05) is 6.07 Å². The van der Waals surface area contributed by atoms with Crippen molar-refractivity contribution in [1.29, 1.82) is 0 Å². The fourth-order valence-corrected chi connectivity index (χ4v) is 3.05. The standard InChI is InChI=1S/C15H22N2O3/c1-10-7-12(8-11-5-3-2-4-6-11)14(16)15(20)17(10)9-13(18)19/h7,11H,2-6,8-9,16H2,1H3,(H,18,19). The molecule has 1 aliphatic carbocycles. The summed E-state index contributed by atoms with van der Waals surface area (Å²) < 4.78 is 1.22. The highest BCUT2D eigenvalue weighted by Crippen LogP contribution is 2.28. The van der Waals surface area contributed by atoms with Crippen LogP contribution in [0.25, 0.3) is 0 Å². The average molecular weight is 278 g/mol. The van der Waals surface area contributed by atoms with Crippen molar-refractivity contribution in [3.05, 3.63) is 27.7 Å². The first-order chi connectivity index (χ1) is 9.49. The van der Waals surface area contributed by atoms with Crippen LogP contribution in [0, 0.1) is 12.8 Å². The Hall–Kier alpha value is -1.78. The van der Waals surface area contributed by atoms with Gasteiger partial charge in [0.05, 0.1) is 0 Å². The zero-order chi connectivity index (χ0) is 14.7. The van der Waals surface area contributed by atoms with Crippen LogP contribution >= 0.6 is 0 Å². The minimum atomic E-state index is -1.03. The fraction of sp³-hybridized carbons (Fsp3) is 0.600. The number of rotatable bonds is 4. The first-order valence-electron chi connectivity index (χ1n) is 7.19. The molecule has 0 saturated heterocycles. The number of nitrogens with zero attached hydrogens (tertiary/aromatic N) is 1. The van der Waals surface area contributed by atoms with Gasteiger partial charge in [-0.2, -0.15) is 0 Å². The lowest BCUT2D eigenvalue weighted by atomic mass is 9.84. The molecule has 2 rings (SSSR count). The maximum Gasteiger partial charge on any atom is 0.323 e. The summed E-state index contributed by atoms with van der Waals surface area (Å²) in [5.74, 6) is -0.435. The van der Waals surface area contributed by atoms with Crippen LogP contribution < -0.4 is 11.3 Å². The minimum absolute atomic E-state index is 0.211. The van der Waals surface area contributed by atoms with Gasteiger partial charge in [0, 0.05) is 5.69 Å². The number of aromatic nitrogens is 1. The lowest BCUT2D eigenvalue weighted by Crippen LogP contribution is -2.29. The Kier molecular flexibility index (Phi) is 4.47. The van der Waals surface area contributed by atoms with E-state index in [0.29, 0.717) is 11.6 Å². The SMILES string of the molecule is Cc1cc(CC2CCCCC2)c(N)c(=O)n1CC(=O)O. The number of hydrogen-bond acceptors (Lipinski definition) is 3. The maximum absolute atomic E-state index is 12.2. The van der Waals surface area contributed by atoms with Gasteiger partial charge < -0.3 is 10.8 Å². The van der Waals surface area contributed by atoms with Gasteiger partial charge in [-0.05, 0) is 30.9 Å². The normalized spacial score (nSPS) is 16.2. The second-order valence-corrected chi connectivity index (χ2v) is 5.72. The summed E-state index contributed by atoms with van der Waals surface area (Å²) >= 11 is 0. The molecule has 1 aliphatic rings. The topological polar surface area (TPSA) is 85.3 Å². The molecule has 0 radical (unpaired) electrons. The third-order valence-corrected chi connectivity index (χ3v) is 4.16. The van der Waals surface area contributed by atoms with Crippen LogP contribution in [0.2, 0.25) is 0 Å². The zero-order valence-corrected chi connectivity index (χ0v) is 11.9. The van der Waals surface area contributed by atoms with E-state index in [-0.39, 0.29) is 17.8 Å². The lowest BCUT2D eigenvalue weighted by molar-refractivity contribution is -0.137. The molecule has 0 aliphatic heterocycles. The number of carboxylic acids is 1. The van der Waals surface area contributed by atoms with Gasteiger partial charge in [0.15, 0.2) is 0 Å². The lowest BCUT2D eigenvalue weighted by Gasteiger charge is -2.22. The number of pyridine rings is 1. The molecule has 0 aromatic carbocycles. The Labute approximate surface area is 118 Å². The molecule has 3 N–H and O–H groups in total. The number of nitrogen functional groups attached to an aromatic ring is 1. The van der Waals surface area contributed by atoms with Crippen LogP contribution in [-0.2, 0) is 17.8 Å². The van der Waals surface area contributed by atoms with Gasteiger partial charge in [-0.1, -0.05) is 32.1 Å². The van der Waals surface area contributed by atoms with Crippen molar-refractivity contribution in [1.82, 2.24) is 4.57 Å². The van der Waals surface area contributed by atoms with E-state index in [1.54, 1.807) is 6.92 Å². The Morgan fingerprint density at radius 2 is 2.05 bits per heavy atom. The zero-order valence-electron chi connectivity index (χ0n) is 11.9. The number of aryl methyl sites for hydroxylation is 1. The van der Waals surface area contributed by atoms with E-state index in [9.17, 15) is 9.59 Å². The van der Waals surface area contributed by atoms with E-state index in [1.165, 1.54) is 36.7 Å². The van der Waals surface area contributed by atoms with E-state index in [2.05, 4.69) is 0 Å². The Morgan fingerprint density at radius 3 is 2.65 bits per heavy atom. The average Bonchev–Trinajstić information content (AvgIpc) is 2.42. The maximum atomic E-state index is 12.2. The molecule has 20 heavy (non-hydrogen) atoms. The molecule has 0 bridgehead atoms. The summed E-state index contributed by atoms with van der Waals surface area (Å²) in [5, 5.41) is 8.84. The summed E-state index contributed by atoms with van der Waals surface area (Å²) in [6, 6.07) is 1.87. The molecular weight excluding hydrogens is 256 g/mol. The van der Waals surface area contributed by atoms with Gasteiger partial charge >= 0.3 is 5.97 Å². The van der Waals surface area contributed by atoms with Crippen molar-refractivity contribution in [3.63, 3.8) is 0 Å². The summed E-state index contributed by atoms with van der Waals surface area (Å²) in [7, 11) is 0. The van der Waals surface area contributed by atoms with Crippen molar-refractivity contribution in [2.45, 2.75) is 52.0 Å². The van der Waals surface area contributed by atoms with Gasteiger partial charge in [0.1, 0.15) is 12.2 Å². The predicted octanol–water partition coefficient (Wildman–Crippen LogP) is 1.95. The summed E-state index contributed by atoms with van der Waals surface area (Å²) in [4.78, 5) is 22.9. The smallest absolute Gasteiger partial charge is 0.323 e. The summed E-state index contributed by atoms with van der Waals surface area (Å²) in [6.45, 7) is 1.42. The molecule has 1 saturated carbocycles. The van der Waals surface area contributed by atoms with Crippen molar-refractivity contribution in [2.75, 3.05) is 5.73 Å². The van der Waals surface area contributed by atoms with Gasteiger partial charge in [-0.25, -0.2) is 0 Å². The Balaban J connectivity index is 2.26. The Bertz CT molecular complexity index is 557. The van der Waals surface area contributed by atoms with Crippen molar-refractivity contribution in [3.8, 4) is 0 Å². The fourth-order valence-electron chi connectivity index (χ4n) is 3.05. The minimum Gasteiger partial charge on any atom is -0.480 e. The number of aliphatic carboxylic acids is 1. The molecule has 1 fully saturated rings. The molecule has 110 valence electrons. The highest BCUT2D eigenvalue weighted by atomic mass is 16.4. The molecule has 0 spiro atoms. The molecule has 1 heterocycles.